The molecule has 2 heteroatoms. The highest BCUT2D eigenvalue weighted by Gasteiger charge is 2.51. The molecule has 0 amide bonds. The lowest BCUT2D eigenvalue weighted by Gasteiger charge is -2.45. The van der Waals surface area contributed by atoms with Crippen LogP contribution in [0.4, 0.5) is 0 Å². The minimum absolute atomic E-state index is 0.0137. The van der Waals surface area contributed by atoms with Gasteiger partial charge in [0.15, 0.2) is 0 Å². The van der Waals surface area contributed by atoms with Crippen molar-refractivity contribution in [3.05, 3.63) is 95.6 Å². The van der Waals surface area contributed by atoms with Gasteiger partial charge in [-0.25, -0.2) is 0 Å². The lowest BCUT2D eigenvalue weighted by atomic mass is 9.92. The van der Waals surface area contributed by atoms with Crippen LogP contribution in [0, 0.1) is 11.8 Å². The fourth-order valence-electron chi connectivity index (χ4n) is 5.98. The SMILES string of the molecule is C/C1=C\CCC(C)CC(O[Si](c2ccccc2)(c2ccccc2)C(C)(C)C)C/C(C)=C/C=C(/C(C)C)CC1. The summed E-state index contributed by atoms with van der Waals surface area (Å²) in [5.41, 5.74) is 4.50. The molecular weight excluding hydrogens is 476 g/mol. The minimum Gasteiger partial charge on any atom is -0.404 e. The Morgan fingerprint density at radius 2 is 1.39 bits per heavy atom. The molecule has 0 radical (unpaired) electrons. The van der Waals surface area contributed by atoms with Gasteiger partial charge in [-0.15, -0.1) is 0 Å². The number of allylic oxidation sites excluding steroid dienone is 5. The van der Waals surface area contributed by atoms with Gasteiger partial charge in [0, 0.05) is 6.10 Å². The number of hydrogen-bond acceptors (Lipinski definition) is 1. The summed E-state index contributed by atoms with van der Waals surface area (Å²) in [4.78, 5) is 0. The molecule has 38 heavy (non-hydrogen) atoms. The standard InChI is InChI=1S/C36H52OSi/c1-28(2)32-24-22-29(3)16-15-17-30(4)26-33(27-31(5)23-25-32)37-38(36(6,7)8,34-18-11-9-12-19-34)35-20-13-10-14-21-35/h9-14,16,18-21,23,25,28,30,33H,15,17,22,24,26-27H2,1-8H3/b29-16+,31-23+,32-25+. The van der Waals surface area contributed by atoms with Crippen LogP contribution in [0.15, 0.2) is 95.6 Å². The van der Waals surface area contributed by atoms with Crippen LogP contribution in [0.3, 0.4) is 0 Å². The van der Waals surface area contributed by atoms with Gasteiger partial charge in [-0.05, 0) is 79.6 Å². The quantitative estimate of drug-likeness (QED) is 0.277. The molecule has 0 bridgehead atoms. The molecule has 2 aromatic rings. The average molecular weight is 529 g/mol. The summed E-state index contributed by atoms with van der Waals surface area (Å²) in [5.74, 6) is 1.18. The lowest BCUT2D eigenvalue weighted by molar-refractivity contribution is 0.156. The lowest BCUT2D eigenvalue weighted by Crippen LogP contribution is -2.67. The predicted molar refractivity (Wildman–Crippen MR) is 170 cm³/mol. The van der Waals surface area contributed by atoms with E-state index in [0.717, 1.165) is 25.7 Å². The first-order valence-electron chi connectivity index (χ1n) is 14.8. The van der Waals surface area contributed by atoms with Gasteiger partial charge in [0.2, 0.25) is 0 Å². The summed E-state index contributed by atoms with van der Waals surface area (Å²) in [6.45, 7) is 18.9. The largest absolute Gasteiger partial charge is 0.404 e. The third kappa shape index (κ3) is 7.93. The summed E-state index contributed by atoms with van der Waals surface area (Å²) >= 11 is 0. The van der Waals surface area contributed by atoms with E-state index in [0.29, 0.717) is 11.8 Å². The molecule has 0 heterocycles. The van der Waals surface area contributed by atoms with Crippen molar-refractivity contribution in [1.29, 1.82) is 0 Å². The smallest absolute Gasteiger partial charge is 0.261 e. The third-order valence-corrected chi connectivity index (χ3v) is 13.4. The van der Waals surface area contributed by atoms with Crippen molar-refractivity contribution in [3.8, 4) is 0 Å². The second-order valence-electron chi connectivity index (χ2n) is 13.0. The molecule has 206 valence electrons. The highest BCUT2D eigenvalue weighted by Crippen LogP contribution is 2.39. The van der Waals surface area contributed by atoms with E-state index in [4.69, 9.17) is 4.43 Å². The molecule has 2 aromatic carbocycles. The van der Waals surface area contributed by atoms with E-state index in [1.165, 1.54) is 34.4 Å². The normalized spacial score (nSPS) is 24.9. The van der Waals surface area contributed by atoms with Gasteiger partial charge in [-0.2, -0.15) is 0 Å². The van der Waals surface area contributed by atoms with Gasteiger partial charge < -0.3 is 4.43 Å². The van der Waals surface area contributed by atoms with E-state index in [2.05, 4.69) is 134 Å². The molecule has 1 aliphatic rings. The van der Waals surface area contributed by atoms with Crippen LogP contribution in [0.2, 0.25) is 5.04 Å². The van der Waals surface area contributed by atoms with Crippen molar-refractivity contribution < 1.29 is 4.43 Å². The van der Waals surface area contributed by atoms with Gasteiger partial charge in [-0.1, -0.05) is 137 Å². The Balaban J connectivity index is 2.09. The van der Waals surface area contributed by atoms with Gasteiger partial charge in [0.1, 0.15) is 0 Å². The maximum Gasteiger partial charge on any atom is 0.261 e. The molecule has 0 saturated heterocycles. The molecule has 0 fully saturated rings. The molecule has 0 N–H and O–H groups in total. The zero-order chi connectivity index (χ0) is 27.8. The second-order valence-corrected chi connectivity index (χ2v) is 17.2. The van der Waals surface area contributed by atoms with Crippen molar-refractivity contribution >= 4 is 18.7 Å². The molecular formula is C36H52OSi. The summed E-state index contributed by atoms with van der Waals surface area (Å²) in [5, 5.41) is 2.72. The van der Waals surface area contributed by atoms with Gasteiger partial charge in [0.05, 0.1) is 0 Å². The Kier molecular flexibility index (Phi) is 11.0. The monoisotopic (exact) mass is 528 g/mol. The summed E-state index contributed by atoms with van der Waals surface area (Å²) in [6, 6.07) is 22.2. The molecule has 1 nitrogen and oxygen atoms in total. The maximum atomic E-state index is 7.67. The molecule has 0 saturated carbocycles. The Hall–Kier alpha value is -2.16. The second kappa shape index (κ2) is 13.8. The summed E-state index contributed by atoms with van der Waals surface area (Å²) in [7, 11) is -2.60. The van der Waals surface area contributed by atoms with E-state index in [-0.39, 0.29) is 11.1 Å². The van der Waals surface area contributed by atoms with Crippen LogP contribution in [0.5, 0.6) is 0 Å². The molecule has 0 spiro atoms. The molecule has 2 unspecified atom stereocenters. The zero-order valence-corrected chi connectivity index (χ0v) is 26.4. The van der Waals surface area contributed by atoms with Crippen LogP contribution in [0.1, 0.15) is 93.9 Å². The number of hydrogen-bond donors (Lipinski definition) is 0. The van der Waals surface area contributed by atoms with Gasteiger partial charge in [0.25, 0.3) is 8.32 Å². The zero-order valence-electron chi connectivity index (χ0n) is 25.4. The fourth-order valence-corrected chi connectivity index (χ4v) is 10.7. The first-order chi connectivity index (χ1) is 18.0. The van der Waals surface area contributed by atoms with E-state index in [9.17, 15) is 0 Å². The van der Waals surface area contributed by atoms with E-state index in [1.807, 2.05) is 0 Å². The predicted octanol–water partition coefficient (Wildman–Crippen LogP) is 9.40. The maximum absolute atomic E-state index is 7.67. The van der Waals surface area contributed by atoms with Gasteiger partial charge in [-0.3, -0.25) is 0 Å². The Labute approximate surface area is 235 Å². The van der Waals surface area contributed by atoms with E-state index >= 15 is 0 Å². The molecule has 2 atom stereocenters. The molecule has 3 rings (SSSR count). The van der Waals surface area contributed by atoms with Crippen molar-refractivity contribution in [2.24, 2.45) is 11.8 Å². The number of benzene rings is 2. The summed E-state index contributed by atoms with van der Waals surface area (Å²) in [6.07, 6.45) is 14.2. The van der Waals surface area contributed by atoms with Crippen molar-refractivity contribution in [1.82, 2.24) is 0 Å². The Bertz CT molecular complexity index is 1050. The summed E-state index contributed by atoms with van der Waals surface area (Å²) < 4.78 is 7.67. The van der Waals surface area contributed by atoms with Crippen molar-refractivity contribution in [2.45, 2.75) is 105 Å². The molecule has 1 aliphatic carbocycles. The Morgan fingerprint density at radius 3 is 1.92 bits per heavy atom. The van der Waals surface area contributed by atoms with Crippen LogP contribution in [0.25, 0.3) is 0 Å². The minimum atomic E-state index is -2.60. The fraction of sp³-hybridized carbons (Fsp3) is 0.500. The molecule has 0 aliphatic heterocycles. The average Bonchev–Trinajstić information content (AvgIpc) is 2.86. The third-order valence-electron chi connectivity index (χ3n) is 8.26. The first kappa shape index (κ1) is 30.4. The van der Waals surface area contributed by atoms with Crippen LogP contribution in [-0.4, -0.2) is 14.4 Å². The van der Waals surface area contributed by atoms with Crippen molar-refractivity contribution in [2.75, 3.05) is 0 Å². The van der Waals surface area contributed by atoms with Crippen molar-refractivity contribution in [3.63, 3.8) is 0 Å². The van der Waals surface area contributed by atoms with Crippen LogP contribution in [-0.2, 0) is 4.43 Å². The number of rotatable bonds is 5. The first-order valence-corrected chi connectivity index (χ1v) is 16.7. The Morgan fingerprint density at radius 1 is 0.816 bits per heavy atom. The molecule has 0 aromatic heterocycles. The van der Waals surface area contributed by atoms with E-state index < -0.39 is 8.32 Å². The highest BCUT2D eigenvalue weighted by atomic mass is 28.4. The van der Waals surface area contributed by atoms with Crippen LogP contribution < -0.4 is 10.4 Å². The topological polar surface area (TPSA) is 9.23 Å². The highest BCUT2D eigenvalue weighted by molar-refractivity contribution is 6.99. The van der Waals surface area contributed by atoms with Crippen LogP contribution >= 0.6 is 0 Å². The van der Waals surface area contributed by atoms with E-state index in [1.54, 1.807) is 5.57 Å². The van der Waals surface area contributed by atoms with Gasteiger partial charge >= 0.3 is 0 Å².